The number of ether oxygens (including phenoxy) is 6. The van der Waals surface area contributed by atoms with Gasteiger partial charge < -0.3 is 43.3 Å². The summed E-state index contributed by atoms with van der Waals surface area (Å²) >= 11 is 0. The standard InChI is InChI=1S/C45H64N6O11/c1-11-35-45(8)39-26(4)36(52)24(2)18-44(7)40(61-42-37(53)34(50(9)10)17-25(3)59-42)27(5)38(28(6)41(54)60-35)56-21-29(22-57-44)33(20-51(39)43(55)62-45)49-58-23-30-13-12-14-31(48-30)32-19-46-15-16-47-32/h12-16,19,24-29,34-35,37-40,42,53H,11,17-18,20-23H2,1-10H3/b49-33-/t24-,25-,26+,27+,28-,29?,34+,35-,37-,38+,39+,40-,42+,44?,45?/m1/s1. The third kappa shape index (κ3) is 8.98. The molecule has 0 radical (unpaired) electrons. The highest BCUT2D eigenvalue weighted by Crippen LogP contribution is 2.45. The minimum absolute atomic E-state index is 0.0148. The number of hydrogen-bond acceptors (Lipinski definition) is 16. The van der Waals surface area contributed by atoms with Gasteiger partial charge in [0.2, 0.25) is 0 Å². The van der Waals surface area contributed by atoms with E-state index in [1.165, 1.54) is 4.90 Å². The number of rotatable bonds is 8. The summed E-state index contributed by atoms with van der Waals surface area (Å²) in [5.41, 5.74) is -0.426. The Morgan fingerprint density at radius 3 is 2.52 bits per heavy atom. The summed E-state index contributed by atoms with van der Waals surface area (Å²) in [6.07, 6.45) is 0.338. The number of cyclic esters (lactones) is 1. The van der Waals surface area contributed by atoms with E-state index in [4.69, 9.17) is 43.4 Å². The molecule has 340 valence electrons. The second kappa shape index (κ2) is 18.5. The highest BCUT2D eigenvalue weighted by molar-refractivity contribution is 5.92. The molecule has 0 aliphatic carbocycles. The van der Waals surface area contributed by atoms with E-state index < -0.39 is 89.6 Å². The lowest BCUT2D eigenvalue weighted by Gasteiger charge is -2.48. The SMILES string of the molecule is CC[C@H]1OC(=O)[C@H](C)[C@H]2OCC3COC(C)(C[C@@H](C)C(=O)[C@H](C)[C@@H]4N(C/C3=N/OCc3cccc(-c5cnccn5)n3)C(=O)OC41C)[C@H](O[C@@H]1O[C@H](C)C[C@H](N(C)C)[C@H]1O)[C@H]2C. The molecule has 17 nitrogen and oxygen atoms in total. The van der Waals surface area contributed by atoms with Crippen LogP contribution >= 0.6 is 0 Å². The summed E-state index contributed by atoms with van der Waals surface area (Å²) in [5.74, 6) is -4.11. The van der Waals surface area contributed by atoms with Crippen LogP contribution in [0.4, 0.5) is 4.79 Å². The van der Waals surface area contributed by atoms with Gasteiger partial charge in [-0.05, 0) is 73.2 Å². The zero-order valence-electron chi connectivity index (χ0n) is 37.6. The number of aliphatic hydroxyl groups excluding tert-OH is 1. The maximum Gasteiger partial charge on any atom is 0.411 e. The molecule has 17 heteroatoms. The van der Waals surface area contributed by atoms with E-state index in [0.29, 0.717) is 35.6 Å². The molecule has 2 aromatic rings. The number of hydrogen-bond donors (Lipinski definition) is 1. The fraction of sp³-hybridized carbons (Fsp3) is 0.711. The Hall–Kier alpha value is -4.13. The van der Waals surface area contributed by atoms with Crippen molar-refractivity contribution in [1.29, 1.82) is 0 Å². The van der Waals surface area contributed by atoms with Crippen LogP contribution in [0.1, 0.15) is 80.3 Å². The Labute approximate surface area is 364 Å². The molecule has 0 saturated carbocycles. The molecule has 5 aliphatic rings. The molecule has 1 N–H and O–H groups in total. The van der Waals surface area contributed by atoms with Crippen LogP contribution in [-0.2, 0) is 49.5 Å². The monoisotopic (exact) mass is 864 g/mol. The highest BCUT2D eigenvalue weighted by Gasteiger charge is 2.61. The molecule has 7 heterocycles. The number of ketones is 1. The lowest BCUT2D eigenvalue weighted by molar-refractivity contribution is -0.302. The fourth-order valence-electron chi connectivity index (χ4n) is 10.5. The van der Waals surface area contributed by atoms with Crippen molar-refractivity contribution in [1.82, 2.24) is 24.8 Å². The summed E-state index contributed by atoms with van der Waals surface area (Å²) in [6, 6.07) is 4.37. The van der Waals surface area contributed by atoms with Crippen molar-refractivity contribution in [2.45, 2.75) is 141 Å². The molecule has 0 spiro atoms. The van der Waals surface area contributed by atoms with Gasteiger partial charge in [0.1, 0.15) is 23.7 Å². The Balaban J connectivity index is 1.35. The number of likely N-dealkylation sites (N-methyl/N-ethyl adjacent to an activating group) is 1. The second-order valence-electron chi connectivity index (χ2n) is 18.6. The summed E-state index contributed by atoms with van der Waals surface area (Å²) in [4.78, 5) is 66.4. The van der Waals surface area contributed by atoms with Crippen molar-refractivity contribution < 1.29 is 52.7 Å². The lowest BCUT2D eigenvalue weighted by Crippen LogP contribution is -2.61. The first kappa shape index (κ1) is 45.9. The number of Topliss-reactive ketones (excluding diaryl/α,β-unsaturated/α-hetero) is 1. The number of amides is 1. The Morgan fingerprint density at radius 1 is 1.03 bits per heavy atom. The number of oxime groups is 1. The van der Waals surface area contributed by atoms with Gasteiger partial charge in [-0.25, -0.2) is 9.78 Å². The molecule has 62 heavy (non-hydrogen) atoms. The van der Waals surface area contributed by atoms with Gasteiger partial charge in [-0.15, -0.1) is 0 Å². The number of nitrogens with zero attached hydrogens (tertiary/aromatic N) is 6. The summed E-state index contributed by atoms with van der Waals surface area (Å²) in [7, 11) is 3.82. The van der Waals surface area contributed by atoms with Gasteiger partial charge in [0.15, 0.2) is 18.5 Å². The topological polar surface area (TPSA) is 194 Å². The molecule has 5 aliphatic heterocycles. The number of carbonyl (C=O) groups excluding carboxylic acids is 3. The van der Waals surface area contributed by atoms with E-state index in [-0.39, 0.29) is 50.7 Å². The van der Waals surface area contributed by atoms with Crippen molar-refractivity contribution in [2.24, 2.45) is 34.7 Å². The van der Waals surface area contributed by atoms with Crippen molar-refractivity contribution in [3.8, 4) is 11.4 Å². The summed E-state index contributed by atoms with van der Waals surface area (Å²) in [5, 5.41) is 16.5. The molecule has 1 amide bonds. The third-order valence-corrected chi connectivity index (χ3v) is 13.8. The van der Waals surface area contributed by atoms with Crippen molar-refractivity contribution in [3.05, 3.63) is 42.5 Å². The lowest BCUT2D eigenvalue weighted by atomic mass is 9.73. The molecular weight excluding hydrogens is 801 g/mol. The zero-order chi connectivity index (χ0) is 44.7. The fourth-order valence-corrected chi connectivity index (χ4v) is 10.5. The van der Waals surface area contributed by atoms with E-state index in [9.17, 15) is 19.5 Å². The maximum atomic E-state index is 14.9. The number of fused-ring (bicyclic) bond motifs is 5. The predicted octanol–water partition coefficient (Wildman–Crippen LogP) is 4.44. The van der Waals surface area contributed by atoms with Crippen LogP contribution in [0, 0.1) is 29.6 Å². The summed E-state index contributed by atoms with van der Waals surface area (Å²) in [6.45, 7) is 14.8. The molecule has 7 rings (SSSR count). The highest BCUT2D eigenvalue weighted by atomic mass is 16.7. The smallest absolute Gasteiger partial charge is 0.411 e. The largest absolute Gasteiger partial charge is 0.458 e. The van der Waals surface area contributed by atoms with E-state index in [2.05, 4.69) is 9.97 Å². The van der Waals surface area contributed by atoms with Crippen LogP contribution in [0.15, 0.2) is 41.9 Å². The van der Waals surface area contributed by atoms with Crippen LogP contribution < -0.4 is 0 Å². The quantitative estimate of drug-likeness (QED) is 0.289. The number of aliphatic hydroxyl groups is 1. The van der Waals surface area contributed by atoms with E-state index in [1.807, 2.05) is 71.8 Å². The first-order valence-electron chi connectivity index (χ1n) is 22.0. The average molecular weight is 865 g/mol. The van der Waals surface area contributed by atoms with Crippen molar-refractivity contribution >= 4 is 23.6 Å². The van der Waals surface area contributed by atoms with E-state index in [0.717, 1.165) is 0 Å². The molecule has 0 aromatic carbocycles. The van der Waals surface area contributed by atoms with Crippen molar-refractivity contribution in [2.75, 3.05) is 33.9 Å². The van der Waals surface area contributed by atoms with Crippen LogP contribution in [0.25, 0.3) is 11.4 Å². The predicted molar refractivity (Wildman–Crippen MR) is 224 cm³/mol. The minimum atomic E-state index is -1.41. The van der Waals surface area contributed by atoms with Gasteiger partial charge >= 0.3 is 12.1 Å². The normalized spacial score (nSPS) is 40.0. The molecule has 15 atom stereocenters. The Kier molecular flexibility index (Phi) is 13.7. The van der Waals surface area contributed by atoms with Crippen LogP contribution in [0.5, 0.6) is 0 Å². The zero-order valence-corrected chi connectivity index (χ0v) is 37.6. The molecule has 5 fully saturated rings. The van der Waals surface area contributed by atoms with Crippen LogP contribution in [0.2, 0.25) is 0 Å². The number of pyridine rings is 1. The molecular formula is C45H64N6O11. The van der Waals surface area contributed by atoms with Crippen molar-refractivity contribution in [3.63, 3.8) is 0 Å². The Bertz CT molecular complexity index is 1960. The van der Waals surface area contributed by atoms with E-state index >= 15 is 0 Å². The van der Waals surface area contributed by atoms with Gasteiger partial charge in [-0.1, -0.05) is 38.9 Å². The molecule has 3 unspecified atom stereocenters. The Morgan fingerprint density at radius 2 is 1.81 bits per heavy atom. The minimum Gasteiger partial charge on any atom is -0.458 e. The molecule has 2 aromatic heterocycles. The van der Waals surface area contributed by atoms with Gasteiger partial charge in [-0.3, -0.25) is 24.5 Å². The number of aromatic nitrogens is 3. The third-order valence-electron chi connectivity index (χ3n) is 13.8. The first-order valence-corrected chi connectivity index (χ1v) is 22.0. The van der Waals surface area contributed by atoms with Crippen LogP contribution in [0.3, 0.4) is 0 Å². The van der Waals surface area contributed by atoms with E-state index in [1.54, 1.807) is 39.4 Å². The van der Waals surface area contributed by atoms with Gasteiger partial charge in [0.25, 0.3) is 0 Å². The first-order chi connectivity index (χ1) is 29.4. The second-order valence-corrected chi connectivity index (χ2v) is 18.6. The number of esters is 1. The van der Waals surface area contributed by atoms with Gasteiger partial charge in [0, 0.05) is 42.1 Å². The number of carbonyl (C=O) groups is 3. The van der Waals surface area contributed by atoms with Crippen LogP contribution in [-0.4, -0.2) is 147 Å². The summed E-state index contributed by atoms with van der Waals surface area (Å²) < 4.78 is 39.9. The van der Waals surface area contributed by atoms with Gasteiger partial charge in [0.05, 0.1) is 78.9 Å². The average Bonchev–Trinajstić information content (AvgIpc) is 3.52. The molecule has 6 bridgehead atoms. The molecule has 5 saturated heterocycles. The maximum absolute atomic E-state index is 14.9. The van der Waals surface area contributed by atoms with Gasteiger partial charge in [-0.2, -0.15) is 0 Å².